The highest BCUT2D eigenvalue weighted by atomic mass is 16.1. The number of benzene rings is 11. The van der Waals surface area contributed by atoms with Crippen LogP contribution in [0.2, 0.25) is 0 Å². The minimum atomic E-state index is 0.0297. The van der Waals surface area contributed by atoms with Gasteiger partial charge >= 0.3 is 0 Å². The van der Waals surface area contributed by atoms with Crippen LogP contribution in [0, 0.1) is 0 Å². The number of fused-ring (bicyclic) bond motifs is 8. The van der Waals surface area contributed by atoms with Crippen molar-refractivity contribution in [3.05, 3.63) is 222 Å². The zero-order valence-electron chi connectivity index (χ0n) is 37.6. The summed E-state index contributed by atoms with van der Waals surface area (Å²) < 4.78 is 1.91. The molecule has 0 bridgehead atoms. The summed E-state index contributed by atoms with van der Waals surface area (Å²) in [6.45, 7) is 7.42. The molecule has 318 valence electrons. The molecule has 68 heavy (non-hydrogen) atoms. The fourth-order valence-electron chi connectivity index (χ4n) is 12.3. The topological polar surface area (TPSA) is 22.0 Å². The average molecular weight is 866 g/mol. The Morgan fingerprint density at radius 3 is 1.26 bits per heavy atom. The van der Waals surface area contributed by atoms with E-state index in [2.05, 4.69) is 220 Å². The molecule has 12 aromatic carbocycles. The van der Waals surface area contributed by atoms with Gasteiger partial charge < -0.3 is 4.57 Å². The first kappa shape index (κ1) is 38.7. The van der Waals surface area contributed by atoms with E-state index in [1.165, 1.54) is 98.7 Å². The number of nitrogens with zero attached hydrogens (tertiary/aromatic N) is 1. The molecule has 1 aliphatic rings. The molecule has 0 spiro atoms. The zero-order chi connectivity index (χ0) is 45.2. The van der Waals surface area contributed by atoms with Gasteiger partial charge in [-0.15, -0.1) is 0 Å². The Balaban J connectivity index is 1.10. The molecule has 0 amide bonds. The van der Waals surface area contributed by atoms with Gasteiger partial charge in [-0.2, -0.15) is 0 Å². The molecule has 0 unspecified atom stereocenters. The van der Waals surface area contributed by atoms with Gasteiger partial charge in [0.05, 0.1) is 5.39 Å². The molecule has 0 saturated carbocycles. The van der Waals surface area contributed by atoms with Crippen molar-refractivity contribution in [3.8, 4) is 77.9 Å². The molecule has 2 nitrogen and oxygen atoms in total. The highest BCUT2D eigenvalue weighted by Gasteiger charge is 2.32. The summed E-state index contributed by atoms with van der Waals surface area (Å²) in [7, 11) is 0. The highest BCUT2D eigenvalue weighted by Crippen LogP contribution is 2.59. The molecule has 0 N–H and O–H groups in total. The van der Waals surface area contributed by atoms with Crippen LogP contribution in [0.25, 0.3) is 149 Å². The first-order valence-electron chi connectivity index (χ1n) is 23.8. The van der Waals surface area contributed by atoms with Crippen molar-refractivity contribution in [1.82, 2.24) is 4.57 Å². The Hall–Kier alpha value is -8.59. The van der Waals surface area contributed by atoms with Crippen LogP contribution in [0.1, 0.15) is 13.3 Å². The lowest BCUT2D eigenvalue weighted by atomic mass is 9.82. The van der Waals surface area contributed by atoms with E-state index in [9.17, 15) is 4.79 Å². The van der Waals surface area contributed by atoms with E-state index in [1.807, 2.05) is 4.57 Å². The molecule has 1 heterocycles. The lowest BCUT2D eigenvalue weighted by molar-refractivity contribution is 0.653. The maximum absolute atomic E-state index is 14.9. The van der Waals surface area contributed by atoms with Crippen LogP contribution in [0.15, 0.2) is 211 Å². The van der Waals surface area contributed by atoms with E-state index in [0.29, 0.717) is 6.54 Å². The highest BCUT2D eigenvalue weighted by molar-refractivity contribution is 6.41. The van der Waals surface area contributed by atoms with Crippen LogP contribution in [0.5, 0.6) is 0 Å². The number of hydrogen-bond acceptors (Lipinski definition) is 1. The van der Waals surface area contributed by atoms with Crippen molar-refractivity contribution in [3.63, 3.8) is 0 Å². The van der Waals surface area contributed by atoms with Gasteiger partial charge in [-0.3, -0.25) is 4.79 Å². The largest absolute Gasteiger partial charge is 0.308 e. The molecule has 14 rings (SSSR count). The second kappa shape index (κ2) is 14.7. The molecule has 1 aliphatic carbocycles. The van der Waals surface area contributed by atoms with Crippen molar-refractivity contribution in [2.24, 2.45) is 0 Å². The van der Waals surface area contributed by atoms with Gasteiger partial charge in [-0.25, -0.2) is 0 Å². The summed E-state index contributed by atoms with van der Waals surface area (Å²) in [6, 6.07) is 75.3. The maximum Gasteiger partial charge on any atom is 0.259 e. The SMILES string of the molecule is C=c1c2c(-c3ccccc3)c3c4cccc5c(-c6ccc7c8c(cccc68)-c6c-7c(-c7ccccc7)c7ccccc7c6-c6ccccc6)ccc(c3c(-c3ccccc3)c2c(=O)n1CCC)c54. The van der Waals surface area contributed by atoms with Crippen LogP contribution in [-0.2, 0) is 6.54 Å². The van der Waals surface area contributed by atoms with E-state index < -0.39 is 0 Å². The third-order valence-corrected chi connectivity index (χ3v) is 14.9. The van der Waals surface area contributed by atoms with Crippen LogP contribution < -0.4 is 10.9 Å². The second-order valence-corrected chi connectivity index (χ2v) is 18.4. The van der Waals surface area contributed by atoms with Crippen molar-refractivity contribution in [2.75, 3.05) is 0 Å². The van der Waals surface area contributed by atoms with Crippen LogP contribution in [0.4, 0.5) is 0 Å². The number of aromatic nitrogens is 1. The smallest absolute Gasteiger partial charge is 0.259 e. The molecule has 2 heteroatoms. The van der Waals surface area contributed by atoms with Crippen LogP contribution >= 0.6 is 0 Å². The fraction of sp³-hybridized carbons (Fsp3) is 0.0455. The zero-order valence-corrected chi connectivity index (χ0v) is 37.6. The Morgan fingerprint density at radius 2 is 0.721 bits per heavy atom. The second-order valence-electron chi connectivity index (χ2n) is 18.4. The molecular formula is C66H43NO. The summed E-state index contributed by atoms with van der Waals surface area (Å²) in [5.41, 5.74) is 16.7. The minimum absolute atomic E-state index is 0.0297. The fourth-order valence-corrected chi connectivity index (χ4v) is 12.3. The van der Waals surface area contributed by atoms with Crippen molar-refractivity contribution in [2.45, 2.75) is 19.9 Å². The van der Waals surface area contributed by atoms with Crippen LogP contribution in [0.3, 0.4) is 0 Å². The molecule has 0 saturated heterocycles. The van der Waals surface area contributed by atoms with Gasteiger partial charge in [0, 0.05) is 28.4 Å². The van der Waals surface area contributed by atoms with E-state index in [1.54, 1.807) is 0 Å². The Labute approximate surface area is 393 Å². The standard InChI is InChI=1S/C66H43NO/c1-3-38-67-39(2)54-57(42-24-12-6-13-25-42)63-51-33-19-31-47-45(35-37-53(60(47)51)64(63)58(65(54)66(67)68)43-26-14-7-15-27-43)44-34-36-52-59-46(44)30-18-32-50(59)61-55(40-20-8-4-9-21-40)48-28-16-17-29-49(48)56(62(52)61)41-22-10-5-11-23-41/h4-37H,2-3,38H2,1H3. The minimum Gasteiger partial charge on any atom is -0.308 e. The predicted molar refractivity (Wildman–Crippen MR) is 290 cm³/mol. The Kier molecular flexibility index (Phi) is 8.36. The first-order chi connectivity index (χ1) is 33.6. The molecule has 0 fully saturated rings. The third kappa shape index (κ3) is 5.20. The Morgan fingerprint density at radius 1 is 0.324 bits per heavy atom. The summed E-state index contributed by atoms with van der Waals surface area (Å²) in [4.78, 5) is 14.9. The van der Waals surface area contributed by atoms with Gasteiger partial charge in [0.25, 0.3) is 5.56 Å². The van der Waals surface area contributed by atoms with E-state index in [4.69, 9.17) is 0 Å². The summed E-state index contributed by atoms with van der Waals surface area (Å²) in [5, 5.41) is 14.6. The van der Waals surface area contributed by atoms with Crippen molar-refractivity contribution < 1.29 is 0 Å². The summed E-state index contributed by atoms with van der Waals surface area (Å²) >= 11 is 0. The third-order valence-electron chi connectivity index (χ3n) is 14.9. The van der Waals surface area contributed by atoms with Gasteiger partial charge in [0.2, 0.25) is 0 Å². The number of hydrogen-bond donors (Lipinski definition) is 0. The quantitative estimate of drug-likeness (QED) is 0.156. The van der Waals surface area contributed by atoms with Gasteiger partial charge in [-0.05, 0) is 127 Å². The Bertz CT molecular complexity index is 4120. The van der Waals surface area contributed by atoms with Crippen molar-refractivity contribution in [1.29, 1.82) is 0 Å². The monoisotopic (exact) mass is 865 g/mol. The van der Waals surface area contributed by atoms with E-state index in [-0.39, 0.29) is 5.56 Å². The molecule has 0 aliphatic heterocycles. The van der Waals surface area contributed by atoms with E-state index in [0.717, 1.165) is 55.6 Å². The predicted octanol–water partition coefficient (Wildman–Crippen LogP) is 16.7. The van der Waals surface area contributed by atoms with Gasteiger partial charge in [0.15, 0.2) is 0 Å². The lowest BCUT2D eigenvalue weighted by Gasteiger charge is -2.20. The van der Waals surface area contributed by atoms with Crippen LogP contribution in [-0.4, -0.2) is 4.57 Å². The molecule has 1 aromatic heterocycles. The lowest BCUT2D eigenvalue weighted by Crippen LogP contribution is -2.25. The average Bonchev–Trinajstić information content (AvgIpc) is 4.00. The van der Waals surface area contributed by atoms with Gasteiger partial charge in [0.1, 0.15) is 0 Å². The normalized spacial score (nSPS) is 12.1. The summed E-state index contributed by atoms with van der Waals surface area (Å²) in [5.74, 6) is 0. The molecule has 0 atom stereocenters. The molecular weight excluding hydrogens is 823 g/mol. The maximum atomic E-state index is 14.9. The molecule has 0 radical (unpaired) electrons. The first-order valence-corrected chi connectivity index (χ1v) is 23.8. The summed E-state index contributed by atoms with van der Waals surface area (Å²) in [6.07, 6.45) is 0.840. The van der Waals surface area contributed by atoms with Crippen molar-refractivity contribution >= 4 is 71.2 Å². The van der Waals surface area contributed by atoms with Gasteiger partial charge in [-0.1, -0.05) is 220 Å². The van der Waals surface area contributed by atoms with E-state index >= 15 is 0 Å². The molecule has 13 aromatic rings. The number of rotatable bonds is 7.